The maximum absolute atomic E-state index is 5.38. The molecule has 4 rings (SSSR count). The molecular weight excluding hydrogens is 276 g/mol. The molecule has 4 heterocycles. The van der Waals surface area contributed by atoms with E-state index in [0.717, 1.165) is 31.8 Å². The summed E-state index contributed by atoms with van der Waals surface area (Å²) in [5.74, 6) is 0. The number of fused-ring (bicyclic) bond motifs is 5. The van der Waals surface area contributed by atoms with Crippen molar-refractivity contribution in [1.82, 2.24) is 19.4 Å². The third kappa shape index (κ3) is 1.41. The van der Waals surface area contributed by atoms with Gasteiger partial charge in [-0.1, -0.05) is 0 Å². The lowest BCUT2D eigenvalue weighted by Crippen LogP contribution is -1.90. The van der Waals surface area contributed by atoms with E-state index in [1.54, 1.807) is 17.5 Å². The summed E-state index contributed by atoms with van der Waals surface area (Å²) in [5.41, 5.74) is 4.21. The number of aryl methyl sites for hydroxylation is 2. The Kier molecular flexibility index (Phi) is 2.11. The van der Waals surface area contributed by atoms with E-state index < -0.39 is 0 Å². The number of nitrogens with zero attached hydrogens (tertiary/aromatic N) is 3. The molecule has 4 aromatic heterocycles. The first kappa shape index (κ1) is 11.1. The topological polar surface area (TPSA) is 46.0 Å². The van der Waals surface area contributed by atoms with Crippen LogP contribution in [-0.2, 0) is 0 Å². The van der Waals surface area contributed by atoms with Crippen molar-refractivity contribution in [2.24, 2.45) is 0 Å². The summed E-state index contributed by atoms with van der Waals surface area (Å²) >= 11 is 7.05. The Morgan fingerprint density at radius 3 is 3.05 bits per heavy atom. The fourth-order valence-corrected chi connectivity index (χ4v) is 4.02. The molecule has 4 nitrogen and oxygen atoms in total. The molecule has 0 spiro atoms. The normalized spacial score (nSPS) is 11.9. The van der Waals surface area contributed by atoms with Gasteiger partial charge in [-0.15, -0.1) is 11.3 Å². The van der Waals surface area contributed by atoms with E-state index >= 15 is 0 Å². The minimum Gasteiger partial charge on any atom is -0.330 e. The zero-order valence-corrected chi connectivity index (χ0v) is 12.0. The van der Waals surface area contributed by atoms with Crippen molar-refractivity contribution in [1.29, 1.82) is 0 Å². The number of hydrogen-bond acceptors (Lipinski definition) is 4. The van der Waals surface area contributed by atoms with Crippen LogP contribution in [0, 0.1) is 18.6 Å². The summed E-state index contributed by atoms with van der Waals surface area (Å²) in [6.45, 7) is 4.12. The van der Waals surface area contributed by atoms with Crippen molar-refractivity contribution in [3.63, 3.8) is 0 Å². The Labute approximate surface area is 117 Å². The first-order valence-corrected chi connectivity index (χ1v) is 7.13. The van der Waals surface area contributed by atoms with Crippen LogP contribution in [0.5, 0.6) is 0 Å². The predicted molar refractivity (Wildman–Crippen MR) is 80.5 cm³/mol. The largest absolute Gasteiger partial charge is 0.330 e. The van der Waals surface area contributed by atoms with Crippen molar-refractivity contribution < 1.29 is 0 Å². The van der Waals surface area contributed by atoms with E-state index in [0.29, 0.717) is 4.77 Å². The Bertz CT molecular complexity index is 1010. The minimum atomic E-state index is 0.666. The number of aromatic amines is 1. The number of hydrogen-bond donors (Lipinski definition) is 1. The first-order chi connectivity index (χ1) is 9.15. The maximum atomic E-state index is 5.38. The molecule has 19 heavy (non-hydrogen) atoms. The lowest BCUT2D eigenvalue weighted by Gasteiger charge is -2.00. The number of aromatic nitrogens is 4. The second-order valence-corrected chi connectivity index (χ2v) is 6.00. The molecule has 0 saturated heterocycles. The van der Waals surface area contributed by atoms with Crippen molar-refractivity contribution in [3.05, 3.63) is 34.5 Å². The highest BCUT2D eigenvalue weighted by atomic mass is 32.1. The lowest BCUT2D eigenvalue weighted by atomic mass is 10.1. The SMILES string of the molecule is Cc1cc(C)c2c(n1)sc1c2[nH]c(=S)n2ccnc12. The van der Waals surface area contributed by atoms with Gasteiger partial charge in [-0.3, -0.25) is 4.40 Å². The molecule has 0 aliphatic carbocycles. The highest BCUT2D eigenvalue weighted by Crippen LogP contribution is 2.35. The van der Waals surface area contributed by atoms with E-state index in [-0.39, 0.29) is 0 Å². The molecule has 6 heteroatoms. The molecule has 0 aliphatic heterocycles. The van der Waals surface area contributed by atoms with Crippen LogP contribution in [0.25, 0.3) is 26.1 Å². The van der Waals surface area contributed by atoms with Gasteiger partial charge in [0.05, 0.1) is 10.2 Å². The molecule has 0 saturated carbocycles. The van der Waals surface area contributed by atoms with Gasteiger partial charge in [0.1, 0.15) is 4.83 Å². The van der Waals surface area contributed by atoms with Crippen LogP contribution in [0.4, 0.5) is 0 Å². The third-order valence-electron chi connectivity index (χ3n) is 3.28. The molecule has 0 fully saturated rings. The molecule has 0 unspecified atom stereocenters. The Hall–Kier alpha value is -1.79. The highest BCUT2D eigenvalue weighted by molar-refractivity contribution is 7.71. The van der Waals surface area contributed by atoms with E-state index in [4.69, 9.17) is 12.2 Å². The molecule has 0 aliphatic rings. The van der Waals surface area contributed by atoms with E-state index in [2.05, 4.69) is 27.9 Å². The van der Waals surface area contributed by atoms with Gasteiger partial charge < -0.3 is 4.98 Å². The molecule has 4 aromatic rings. The molecule has 0 aromatic carbocycles. The minimum absolute atomic E-state index is 0.666. The van der Waals surface area contributed by atoms with Crippen molar-refractivity contribution in [2.75, 3.05) is 0 Å². The van der Waals surface area contributed by atoms with Gasteiger partial charge in [-0.25, -0.2) is 9.97 Å². The fourth-order valence-electron chi connectivity index (χ4n) is 2.52. The van der Waals surface area contributed by atoms with E-state index in [1.807, 2.05) is 17.5 Å². The Balaban J connectivity index is 2.39. The molecule has 0 bridgehead atoms. The number of pyridine rings is 1. The van der Waals surface area contributed by atoms with Crippen molar-refractivity contribution in [2.45, 2.75) is 13.8 Å². The van der Waals surface area contributed by atoms with Gasteiger partial charge in [0.2, 0.25) is 0 Å². The van der Waals surface area contributed by atoms with E-state index in [9.17, 15) is 0 Å². The standard InChI is InChI=1S/C13H10N4S2/c1-6-5-7(2)15-12-8(6)9-10(19-12)11-14-3-4-17(11)13(18)16-9/h3-5H,1-2H3,(H,16,18). The average Bonchev–Trinajstić information content (AvgIpc) is 2.92. The summed E-state index contributed by atoms with van der Waals surface area (Å²) in [6, 6.07) is 2.10. The monoisotopic (exact) mass is 286 g/mol. The molecule has 0 amide bonds. The van der Waals surface area contributed by atoms with Gasteiger partial charge >= 0.3 is 0 Å². The highest BCUT2D eigenvalue weighted by Gasteiger charge is 2.14. The van der Waals surface area contributed by atoms with Crippen LogP contribution in [0.3, 0.4) is 0 Å². The van der Waals surface area contributed by atoms with Gasteiger partial charge in [0, 0.05) is 23.5 Å². The molecule has 0 atom stereocenters. The first-order valence-electron chi connectivity index (χ1n) is 5.91. The summed E-state index contributed by atoms with van der Waals surface area (Å²) in [5, 5.41) is 1.15. The number of thiophene rings is 1. The van der Waals surface area contributed by atoms with Gasteiger partial charge in [-0.2, -0.15) is 0 Å². The molecule has 94 valence electrons. The maximum Gasteiger partial charge on any atom is 0.183 e. The fraction of sp³-hybridized carbons (Fsp3) is 0.154. The molecule has 0 radical (unpaired) electrons. The number of H-pyrrole nitrogens is 1. The van der Waals surface area contributed by atoms with Crippen LogP contribution in [0.2, 0.25) is 0 Å². The summed E-state index contributed by atoms with van der Waals surface area (Å²) in [7, 11) is 0. The van der Waals surface area contributed by atoms with Crippen molar-refractivity contribution >= 4 is 49.6 Å². The zero-order valence-electron chi connectivity index (χ0n) is 10.4. The third-order valence-corrected chi connectivity index (χ3v) is 4.66. The van der Waals surface area contributed by atoms with Crippen molar-refractivity contribution in [3.8, 4) is 0 Å². The summed E-state index contributed by atoms with van der Waals surface area (Å²) in [4.78, 5) is 13.4. The van der Waals surface area contributed by atoms with Crippen LogP contribution >= 0.6 is 23.6 Å². The Morgan fingerprint density at radius 1 is 1.37 bits per heavy atom. The van der Waals surface area contributed by atoms with Crippen LogP contribution < -0.4 is 0 Å². The second kappa shape index (κ2) is 3.61. The van der Waals surface area contributed by atoms with Crippen LogP contribution in [0.1, 0.15) is 11.3 Å². The summed E-state index contributed by atoms with van der Waals surface area (Å²) in [6.07, 6.45) is 3.65. The molecule has 1 N–H and O–H groups in total. The number of rotatable bonds is 0. The second-order valence-electron chi connectivity index (χ2n) is 4.62. The zero-order chi connectivity index (χ0) is 13.1. The van der Waals surface area contributed by atoms with Gasteiger partial charge in [-0.05, 0) is 37.7 Å². The smallest absolute Gasteiger partial charge is 0.183 e. The summed E-state index contributed by atoms with van der Waals surface area (Å²) < 4.78 is 3.67. The van der Waals surface area contributed by atoms with Gasteiger partial charge in [0.25, 0.3) is 0 Å². The average molecular weight is 286 g/mol. The quantitative estimate of drug-likeness (QED) is 0.500. The van der Waals surface area contributed by atoms with Crippen LogP contribution in [-0.4, -0.2) is 19.4 Å². The number of imidazole rings is 1. The molecular formula is C13H10N4S2. The van der Waals surface area contributed by atoms with Crippen LogP contribution in [0.15, 0.2) is 18.5 Å². The lowest BCUT2D eigenvalue weighted by molar-refractivity contribution is 1.09. The van der Waals surface area contributed by atoms with E-state index in [1.165, 1.54) is 5.56 Å². The Morgan fingerprint density at radius 2 is 2.21 bits per heavy atom. The van der Waals surface area contributed by atoms with Gasteiger partial charge in [0.15, 0.2) is 10.4 Å². The predicted octanol–water partition coefficient (Wildman–Crippen LogP) is 3.77. The number of nitrogens with one attached hydrogen (secondary N) is 1.